The number of methoxy groups -OCH3 is 1. The smallest absolute Gasteiger partial charge is 0.256 e. The zero-order valence-corrected chi connectivity index (χ0v) is 11.4. The fraction of sp³-hybridized carbons (Fsp3) is 0.500. The van der Waals surface area contributed by atoms with Crippen molar-refractivity contribution in [3.05, 3.63) is 23.9 Å². The molecule has 0 aliphatic carbocycles. The highest BCUT2D eigenvalue weighted by molar-refractivity contribution is 7.91. The van der Waals surface area contributed by atoms with Gasteiger partial charge < -0.3 is 10.1 Å². The zero-order chi connectivity index (χ0) is 13.9. The van der Waals surface area contributed by atoms with Crippen molar-refractivity contribution in [1.29, 1.82) is 0 Å². The molecule has 1 saturated heterocycles. The van der Waals surface area contributed by atoms with Crippen molar-refractivity contribution in [2.75, 3.05) is 25.2 Å². The van der Waals surface area contributed by atoms with E-state index in [1.54, 1.807) is 18.3 Å². The molecule has 2 heterocycles. The fourth-order valence-electron chi connectivity index (χ4n) is 2.09. The molecule has 0 spiro atoms. The standard InChI is InChI=1S/C12H16N2O4S/c1-18-12-10(3-2-5-13-12)11(15)14-7-9-4-6-19(16,17)8-9/h2-3,5,9H,4,6-8H2,1H3,(H,14,15). The van der Waals surface area contributed by atoms with Gasteiger partial charge in [-0.25, -0.2) is 13.4 Å². The largest absolute Gasteiger partial charge is 0.480 e. The molecule has 1 unspecified atom stereocenters. The van der Waals surface area contributed by atoms with E-state index in [0.29, 0.717) is 18.5 Å². The summed E-state index contributed by atoms with van der Waals surface area (Å²) < 4.78 is 27.6. The first-order valence-electron chi connectivity index (χ1n) is 5.99. The number of nitrogens with one attached hydrogen (secondary N) is 1. The minimum Gasteiger partial charge on any atom is -0.480 e. The summed E-state index contributed by atoms with van der Waals surface area (Å²) in [6.45, 7) is 0.357. The number of sulfone groups is 1. The molecule has 1 amide bonds. The molecule has 0 bridgehead atoms. The Morgan fingerprint density at radius 3 is 3.00 bits per heavy atom. The molecule has 2 rings (SSSR count). The van der Waals surface area contributed by atoms with Gasteiger partial charge in [-0.3, -0.25) is 4.79 Å². The number of aromatic nitrogens is 1. The first-order valence-corrected chi connectivity index (χ1v) is 7.81. The highest BCUT2D eigenvalue weighted by atomic mass is 32.2. The predicted octanol–water partition coefficient (Wildman–Crippen LogP) is 0.255. The van der Waals surface area contributed by atoms with Gasteiger partial charge in [0.05, 0.1) is 18.6 Å². The Bertz CT molecular complexity index is 571. The van der Waals surface area contributed by atoms with Crippen molar-refractivity contribution in [2.45, 2.75) is 6.42 Å². The number of amides is 1. The maximum atomic E-state index is 12.0. The van der Waals surface area contributed by atoms with Gasteiger partial charge in [0.1, 0.15) is 5.56 Å². The van der Waals surface area contributed by atoms with Crippen LogP contribution in [-0.4, -0.2) is 44.5 Å². The van der Waals surface area contributed by atoms with E-state index in [0.717, 1.165) is 0 Å². The lowest BCUT2D eigenvalue weighted by Gasteiger charge is -2.11. The number of hydrogen-bond donors (Lipinski definition) is 1. The van der Waals surface area contributed by atoms with Crippen LogP contribution >= 0.6 is 0 Å². The monoisotopic (exact) mass is 284 g/mol. The number of hydrogen-bond acceptors (Lipinski definition) is 5. The van der Waals surface area contributed by atoms with E-state index in [4.69, 9.17) is 4.74 Å². The Balaban J connectivity index is 1.95. The molecular weight excluding hydrogens is 268 g/mol. The van der Waals surface area contributed by atoms with Crippen molar-refractivity contribution in [3.63, 3.8) is 0 Å². The normalized spacial score (nSPS) is 21.0. The van der Waals surface area contributed by atoms with Gasteiger partial charge in [-0.15, -0.1) is 0 Å². The molecule has 7 heteroatoms. The second-order valence-electron chi connectivity index (χ2n) is 4.54. The molecule has 0 saturated carbocycles. The third-order valence-electron chi connectivity index (χ3n) is 3.09. The third-order valence-corrected chi connectivity index (χ3v) is 4.92. The lowest BCUT2D eigenvalue weighted by Crippen LogP contribution is -2.30. The molecule has 1 fully saturated rings. The molecule has 104 valence electrons. The summed E-state index contributed by atoms with van der Waals surface area (Å²) in [6.07, 6.45) is 2.14. The first-order chi connectivity index (χ1) is 9.02. The summed E-state index contributed by atoms with van der Waals surface area (Å²) in [7, 11) is -1.46. The summed E-state index contributed by atoms with van der Waals surface area (Å²) in [6, 6.07) is 3.27. The Kier molecular flexibility index (Phi) is 4.04. The van der Waals surface area contributed by atoms with Gasteiger partial charge in [0.25, 0.3) is 5.91 Å². The summed E-state index contributed by atoms with van der Waals surface area (Å²) in [5, 5.41) is 2.73. The topological polar surface area (TPSA) is 85.4 Å². The van der Waals surface area contributed by atoms with Crippen LogP contribution in [0.15, 0.2) is 18.3 Å². The summed E-state index contributed by atoms with van der Waals surface area (Å²) >= 11 is 0. The van der Waals surface area contributed by atoms with Crippen LogP contribution in [0.4, 0.5) is 0 Å². The first kappa shape index (κ1) is 13.8. The number of rotatable bonds is 4. The lowest BCUT2D eigenvalue weighted by atomic mass is 10.1. The molecule has 0 aromatic carbocycles. The van der Waals surface area contributed by atoms with Crippen LogP contribution in [0, 0.1) is 5.92 Å². The molecule has 1 aliphatic heterocycles. The minimum atomic E-state index is -2.91. The fourth-order valence-corrected chi connectivity index (χ4v) is 3.95. The van der Waals surface area contributed by atoms with Crippen LogP contribution in [0.25, 0.3) is 0 Å². The summed E-state index contributed by atoms with van der Waals surface area (Å²) in [4.78, 5) is 15.9. The number of pyridine rings is 1. The quantitative estimate of drug-likeness (QED) is 0.857. The minimum absolute atomic E-state index is 0.00313. The lowest BCUT2D eigenvalue weighted by molar-refractivity contribution is 0.0944. The molecule has 19 heavy (non-hydrogen) atoms. The number of ether oxygens (including phenoxy) is 1. The van der Waals surface area contributed by atoms with E-state index in [-0.39, 0.29) is 29.2 Å². The van der Waals surface area contributed by atoms with Gasteiger partial charge in [0.15, 0.2) is 9.84 Å². The Labute approximate surface area is 112 Å². The van der Waals surface area contributed by atoms with Gasteiger partial charge in [0.2, 0.25) is 5.88 Å². The summed E-state index contributed by atoms with van der Waals surface area (Å²) in [5.41, 5.74) is 0.353. The van der Waals surface area contributed by atoms with E-state index >= 15 is 0 Å². The number of nitrogens with zero attached hydrogens (tertiary/aromatic N) is 1. The third kappa shape index (κ3) is 3.44. The maximum Gasteiger partial charge on any atom is 0.256 e. The maximum absolute atomic E-state index is 12.0. The molecule has 1 atom stereocenters. The van der Waals surface area contributed by atoms with E-state index in [2.05, 4.69) is 10.3 Å². The predicted molar refractivity (Wildman–Crippen MR) is 69.9 cm³/mol. The van der Waals surface area contributed by atoms with Crippen LogP contribution in [0.1, 0.15) is 16.8 Å². The Hall–Kier alpha value is -1.63. The van der Waals surface area contributed by atoms with Crippen molar-refractivity contribution in [1.82, 2.24) is 10.3 Å². The van der Waals surface area contributed by atoms with E-state index in [1.165, 1.54) is 7.11 Å². The Morgan fingerprint density at radius 2 is 2.37 bits per heavy atom. The van der Waals surface area contributed by atoms with Crippen LogP contribution < -0.4 is 10.1 Å². The number of carbonyl (C=O) groups is 1. The van der Waals surface area contributed by atoms with Gasteiger partial charge in [-0.1, -0.05) is 0 Å². The van der Waals surface area contributed by atoms with Crippen molar-refractivity contribution in [3.8, 4) is 5.88 Å². The number of carbonyl (C=O) groups excluding carboxylic acids is 1. The van der Waals surface area contributed by atoms with Crippen molar-refractivity contribution < 1.29 is 17.9 Å². The zero-order valence-electron chi connectivity index (χ0n) is 10.6. The van der Waals surface area contributed by atoms with Crippen LogP contribution in [0.2, 0.25) is 0 Å². The van der Waals surface area contributed by atoms with Crippen molar-refractivity contribution >= 4 is 15.7 Å². The second-order valence-corrected chi connectivity index (χ2v) is 6.77. The van der Waals surface area contributed by atoms with Gasteiger partial charge in [-0.2, -0.15) is 0 Å². The van der Waals surface area contributed by atoms with E-state index in [9.17, 15) is 13.2 Å². The Morgan fingerprint density at radius 1 is 1.58 bits per heavy atom. The van der Waals surface area contributed by atoms with E-state index in [1.807, 2.05) is 0 Å². The van der Waals surface area contributed by atoms with Gasteiger partial charge in [-0.05, 0) is 24.5 Å². The average Bonchev–Trinajstić information content (AvgIpc) is 2.75. The molecule has 0 radical (unpaired) electrons. The van der Waals surface area contributed by atoms with Crippen LogP contribution in [-0.2, 0) is 9.84 Å². The van der Waals surface area contributed by atoms with Crippen LogP contribution in [0.5, 0.6) is 5.88 Å². The molecule has 1 aliphatic rings. The van der Waals surface area contributed by atoms with Gasteiger partial charge in [0, 0.05) is 12.7 Å². The van der Waals surface area contributed by atoms with Crippen LogP contribution in [0.3, 0.4) is 0 Å². The molecule has 1 aromatic heterocycles. The highest BCUT2D eigenvalue weighted by Gasteiger charge is 2.28. The van der Waals surface area contributed by atoms with E-state index < -0.39 is 9.84 Å². The SMILES string of the molecule is COc1ncccc1C(=O)NCC1CCS(=O)(=O)C1. The highest BCUT2D eigenvalue weighted by Crippen LogP contribution is 2.18. The van der Waals surface area contributed by atoms with Crippen molar-refractivity contribution in [2.24, 2.45) is 5.92 Å². The molecule has 1 aromatic rings. The molecular formula is C12H16N2O4S. The second kappa shape index (κ2) is 5.56. The summed E-state index contributed by atoms with van der Waals surface area (Å²) in [5.74, 6) is 0.325. The molecule has 1 N–H and O–H groups in total. The average molecular weight is 284 g/mol. The van der Waals surface area contributed by atoms with Gasteiger partial charge >= 0.3 is 0 Å². The molecule has 6 nitrogen and oxygen atoms in total.